The molecule has 0 fully saturated rings. The van der Waals surface area contributed by atoms with Gasteiger partial charge in [-0.3, -0.25) is 4.79 Å². The van der Waals surface area contributed by atoms with E-state index in [4.69, 9.17) is 11.6 Å². The number of halogens is 3. The highest BCUT2D eigenvalue weighted by atomic mass is 35.5. The Bertz CT molecular complexity index is 1360. The quantitative estimate of drug-likeness (QED) is 0.329. The molecule has 32 heavy (non-hydrogen) atoms. The van der Waals surface area contributed by atoms with E-state index in [2.05, 4.69) is 14.7 Å². The van der Waals surface area contributed by atoms with Crippen molar-refractivity contribution in [2.24, 2.45) is 0 Å². The lowest BCUT2D eigenvalue weighted by atomic mass is 10.00. The van der Waals surface area contributed by atoms with Crippen molar-refractivity contribution in [3.8, 4) is 11.1 Å². The number of ketones is 1. The molecule has 0 bridgehead atoms. The number of aromatic nitrogens is 2. The maximum Gasteiger partial charge on any atom is 0.201 e. The number of carbonyl (C=O) groups excluding carboxylic acids is 1. The second kappa shape index (κ2) is 9.18. The number of H-pyrrole nitrogens is 1. The number of aromatic amines is 1. The van der Waals surface area contributed by atoms with Crippen molar-refractivity contribution in [3.05, 3.63) is 82.6 Å². The third kappa shape index (κ3) is 4.28. The summed E-state index contributed by atoms with van der Waals surface area (Å²) in [5.41, 5.74) is 1.03. The fourth-order valence-corrected chi connectivity index (χ4v) is 4.42. The van der Waals surface area contributed by atoms with Gasteiger partial charge in [0, 0.05) is 39.7 Å². The van der Waals surface area contributed by atoms with Crippen LogP contribution in [0.25, 0.3) is 22.2 Å². The lowest BCUT2D eigenvalue weighted by molar-refractivity contribution is 0.103. The summed E-state index contributed by atoms with van der Waals surface area (Å²) in [5.74, 6) is -2.65. The van der Waals surface area contributed by atoms with Gasteiger partial charge in [0.2, 0.25) is 5.78 Å². The molecular formula is C23H18ClF2N3O2S. The van der Waals surface area contributed by atoms with Crippen LogP contribution in [0, 0.1) is 11.6 Å². The normalized spacial score (nSPS) is 12.1. The number of nitrogens with zero attached hydrogens (tertiary/aromatic N) is 1. The molecule has 4 rings (SSSR count). The first-order valence-electron chi connectivity index (χ1n) is 9.79. The molecular weight excluding hydrogens is 456 g/mol. The predicted molar refractivity (Wildman–Crippen MR) is 123 cm³/mol. The van der Waals surface area contributed by atoms with Crippen LogP contribution in [-0.2, 0) is 11.0 Å². The summed E-state index contributed by atoms with van der Waals surface area (Å²) >= 11 is 6.07. The molecule has 0 aliphatic rings. The maximum atomic E-state index is 15.1. The summed E-state index contributed by atoms with van der Waals surface area (Å²) in [5, 5.41) is 0.959. The molecule has 2 aromatic carbocycles. The van der Waals surface area contributed by atoms with Gasteiger partial charge in [0.05, 0.1) is 11.3 Å². The van der Waals surface area contributed by atoms with Gasteiger partial charge in [-0.15, -0.1) is 0 Å². The molecule has 5 nitrogen and oxygen atoms in total. The van der Waals surface area contributed by atoms with E-state index in [0.717, 1.165) is 17.7 Å². The molecule has 0 aliphatic carbocycles. The Morgan fingerprint density at radius 3 is 2.75 bits per heavy atom. The standard InChI is InChI=1S/C23H18ClF2N3O2S/c1-2-8-32(31)29-19-7-6-18(25)20(21(19)26)22(30)17-12-28-23-16(17)10-14(11-27-23)13-4-3-5-15(24)9-13/h3-7,9-12,29H,2,8H2,1H3,(H,27,28). The van der Waals surface area contributed by atoms with Crippen LogP contribution in [-0.4, -0.2) is 25.7 Å². The van der Waals surface area contributed by atoms with Gasteiger partial charge in [0.15, 0.2) is 5.82 Å². The monoisotopic (exact) mass is 473 g/mol. The summed E-state index contributed by atoms with van der Waals surface area (Å²) in [4.78, 5) is 20.4. The number of anilines is 1. The van der Waals surface area contributed by atoms with E-state index in [1.165, 1.54) is 6.20 Å². The first-order chi connectivity index (χ1) is 15.4. The van der Waals surface area contributed by atoms with Gasteiger partial charge in [-0.25, -0.2) is 18.0 Å². The predicted octanol–water partition coefficient (Wildman–Crippen LogP) is 5.88. The molecule has 0 amide bonds. The first kappa shape index (κ1) is 22.1. The van der Waals surface area contributed by atoms with Crippen LogP contribution in [0.2, 0.25) is 5.02 Å². The fraction of sp³-hybridized carbons (Fsp3) is 0.130. The minimum Gasteiger partial charge on any atom is -0.345 e. The second-order valence-corrected chi connectivity index (χ2v) is 8.84. The zero-order valence-corrected chi connectivity index (χ0v) is 18.5. The maximum absolute atomic E-state index is 15.1. The van der Waals surface area contributed by atoms with E-state index in [9.17, 15) is 13.4 Å². The Kier molecular flexibility index (Phi) is 6.34. The Morgan fingerprint density at radius 1 is 1.19 bits per heavy atom. The van der Waals surface area contributed by atoms with Crippen molar-refractivity contribution in [2.45, 2.75) is 13.3 Å². The average Bonchev–Trinajstić information content (AvgIpc) is 3.19. The van der Waals surface area contributed by atoms with Crippen LogP contribution in [0.4, 0.5) is 14.5 Å². The van der Waals surface area contributed by atoms with E-state index >= 15 is 4.39 Å². The lowest BCUT2D eigenvalue weighted by Crippen LogP contribution is -2.13. The summed E-state index contributed by atoms with van der Waals surface area (Å²) in [6, 6.07) is 10.9. The summed E-state index contributed by atoms with van der Waals surface area (Å²) in [7, 11) is -1.55. The highest BCUT2D eigenvalue weighted by Gasteiger charge is 2.25. The van der Waals surface area contributed by atoms with Crippen molar-refractivity contribution in [2.75, 3.05) is 10.5 Å². The van der Waals surface area contributed by atoms with Gasteiger partial charge in [0.25, 0.3) is 0 Å². The molecule has 0 aliphatic heterocycles. The molecule has 0 saturated heterocycles. The summed E-state index contributed by atoms with van der Waals surface area (Å²) in [6.07, 6.45) is 3.61. The van der Waals surface area contributed by atoms with Gasteiger partial charge in [0.1, 0.15) is 22.5 Å². The largest absolute Gasteiger partial charge is 0.345 e. The minimum absolute atomic E-state index is 0.0704. The Balaban J connectivity index is 1.77. The van der Waals surface area contributed by atoms with Gasteiger partial charge < -0.3 is 9.71 Å². The molecule has 2 aromatic heterocycles. The highest BCUT2D eigenvalue weighted by molar-refractivity contribution is 7.86. The van der Waals surface area contributed by atoms with Crippen molar-refractivity contribution < 1.29 is 17.8 Å². The number of hydrogen-bond donors (Lipinski definition) is 2. The third-order valence-corrected chi connectivity index (χ3v) is 6.33. The van der Waals surface area contributed by atoms with Gasteiger partial charge in [-0.1, -0.05) is 30.7 Å². The number of hydrogen-bond acceptors (Lipinski definition) is 3. The number of fused-ring (bicyclic) bond motifs is 1. The van der Waals surface area contributed by atoms with Crippen molar-refractivity contribution in [1.29, 1.82) is 0 Å². The minimum atomic E-state index is -1.55. The van der Waals surface area contributed by atoms with Crippen LogP contribution in [0.1, 0.15) is 29.3 Å². The van der Waals surface area contributed by atoms with Crippen molar-refractivity contribution in [3.63, 3.8) is 0 Å². The van der Waals surface area contributed by atoms with Gasteiger partial charge in [-0.2, -0.15) is 0 Å². The van der Waals surface area contributed by atoms with Crippen molar-refractivity contribution in [1.82, 2.24) is 9.97 Å². The molecule has 9 heteroatoms. The van der Waals surface area contributed by atoms with E-state index in [1.54, 1.807) is 30.5 Å². The molecule has 4 aromatic rings. The Labute approximate surface area is 190 Å². The number of nitrogens with one attached hydrogen (secondary N) is 2. The summed E-state index contributed by atoms with van der Waals surface area (Å²) < 4.78 is 44.1. The molecule has 1 unspecified atom stereocenters. The third-order valence-electron chi connectivity index (χ3n) is 4.87. The number of carbonyl (C=O) groups is 1. The highest BCUT2D eigenvalue weighted by Crippen LogP contribution is 2.30. The van der Waals surface area contributed by atoms with Gasteiger partial charge >= 0.3 is 0 Å². The van der Waals surface area contributed by atoms with Crippen molar-refractivity contribution >= 4 is 45.1 Å². The van der Waals surface area contributed by atoms with Crippen LogP contribution in [0.5, 0.6) is 0 Å². The topological polar surface area (TPSA) is 74.8 Å². The Hall–Kier alpha value is -3.10. The molecule has 2 heterocycles. The van der Waals surface area contributed by atoms with E-state index in [-0.39, 0.29) is 11.3 Å². The first-order valence-corrected chi connectivity index (χ1v) is 11.5. The molecule has 0 radical (unpaired) electrons. The smallest absolute Gasteiger partial charge is 0.201 e. The van der Waals surface area contributed by atoms with E-state index < -0.39 is 34.0 Å². The Morgan fingerprint density at radius 2 is 2.00 bits per heavy atom. The lowest BCUT2D eigenvalue weighted by Gasteiger charge is -2.10. The summed E-state index contributed by atoms with van der Waals surface area (Å²) in [6.45, 7) is 1.83. The number of benzene rings is 2. The van der Waals surface area contributed by atoms with E-state index in [0.29, 0.717) is 33.8 Å². The molecule has 0 spiro atoms. The van der Waals surface area contributed by atoms with Crippen LogP contribution >= 0.6 is 11.6 Å². The van der Waals surface area contributed by atoms with E-state index in [1.807, 2.05) is 13.0 Å². The zero-order chi connectivity index (χ0) is 22.8. The average molecular weight is 474 g/mol. The number of pyridine rings is 1. The van der Waals surface area contributed by atoms with Gasteiger partial charge in [-0.05, 0) is 42.3 Å². The second-order valence-electron chi connectivity index (χ2n) is 7.10. The van der Waals surface area contributed by atoms with Crippen LogP contribution < -0.4 is 4.72 Å². The molecule has 0 saturated carbocycles. The zero-order valence-electron chi connectivity index (χ0n) is 16.9. The molecule has 164 valence electrons. The van der Waals surface area contributed by atoms with Crippen LogP contribution in [0.3, 0.4) is 0 Å². The fourth-order valence-electron chi connectivity index (χ4n) is 3.35. The SMILES string of the molecule is CCCS(=O)Nc1ccc(F)c(C(=O)c2c[nH]c3ncc(-c4cccc(Cl)c4)cc23)c1F. The number of rotatable bonds is 7. The van der Waals surface area contributed by atoms with Crippen LogP contribution in [0.15, 0.2) is 54.9 Å². The molecule has 2 N–H and O–H groups in total. The molecule has 1 atom stereocenters.